The van der Waals surface area contributed by atoms with Crippen molar-refractivity contribution in [1.82, 2.24) is 9.97 Å². The number of aromatic nitrogens is 2. The maximum absolute atomic E-state index is 6.56. The van der Waals surface area contributed by atoms with Gasteiger partial charge in [0.15, 0.2) is 11.6 Å². The van der Waals surface area contributed by atoms with Crippen molar-refractivity contribution in [2.24, 2.45) is 5.73 Å². The van der Waals surface area contributed by atoms with Gasteiger partial charge in [0.2, 0.25) is 0 Å². The van der Waals surface area contributed by atoms with Crippen molar-refractivity contribution >= 4 is 23.0 Å². The molecule has 4 aromatic rings. The average Bonchev–Trinajstić information content (AvgIpc) is 2.81. The summed E-state index contributed by atoms with van der Waals surface area (Å²) in [6.07, 6.45) is 1.55. The van der Waals surface area contributed by atoms with Crippen molar-refractivity contribution in [3.63, 3.8) is 0 Å². The molecule has 0 spiro atoms. The van der Waals surface area contributed by atoms with E-state index in [0.29, 0.717) is 37.0 Å². The highest BCUT2D eigenvalue weighted by Gasteiger charge is 2.16. The Bertz CT molecular complexity index is 1070. The molecule has 5 N–H and O–H groups in total. The Morgan fingerprint density at radius 1 is 0.742 bits per heavy atom. The molecule has 6 heteroatoms. The maximum Gasteiger partial charge on any atom is 0.159 e. The molecule has 0 fully saturated rings. The van der Waals surface area contributed by atoms with Crippen LogP contribution >= 0.6 is 0 Å². The molecule has 6 nitrogen and oxygen atoms in total. The third kappa shape index (κ3) is 5.18. The Labute approximate surface area is 182 Å². The van der Waals surface area contributed by atoms with Gasteiger partial charge in [0.1, 0.15) is 12.0 Å². The first-order valence-corrected chi connectivity index (χ1v) is 10.2. The van der Waals surface area contributed by atoms with E-state index >= 15 is 0 Å². The standard InChI is InChI=1S/C25H26N6/c26-15-21-12-7-13-22(14-21)30-24-23(27)25(29-18-28-24)31(16-19-8-3-1-4-9-19)17-20-10-5-2-6-11-20/h1-14,18H,15-17,26-27H2,(H,28,29,30). The van der Waals surface area contributed by atoms with Crippen LogP contribution in [0.5, 0.6) is 0 Å². The van der Waals surface area contributed by atoms with Crippen molar-refractivity contribution in [2.75, 3.05) is 16.0 Å². The molecule has 0 amide bonds. The minimum atomic E-state index is 0.474. The molecule has 0 atom stereocenters. The van der Waals surface area contributed by atoms with Gasteiger partial charge in [0.05, 0.1) is 0 Å². The van der Waals surface area contributed by atoms with Crippen LogP contribution in [0.1, 0.15) is 16.7 Å². The molecular formula is C25H26N6. The number of hydrogen-bond acceptors (Lipinski definition) is 6. The van der Waals surface area contributed by atoms with Gasteiger partial charge in [0, 0.05) is 25.3 Å². The summed E-state index contributed by atoms with van der Waals surface area (Å²) < 4.78 is 0. The highest BCUT2D eigenvalue weighted by atomic mass is 15.2. The summed E-state index contributed by atoms with van der Waals surface area (Å²) in [6.45, 7) is 1.83. The summed E-state index contributed by atoms with van der Waals surface area (Å²) in [6, 6.07) is 28.5. The number of nitrogens with two attached hydrogens (primary N) is 2. The fourth-order valence-electron chi connectivity index (χ4n) is 3.46. The van der Waals surface area contributed by atoms with Crippen LogP contribution in [0.15, 0.2) is 91.3 Å². The fourth-order valence-corrected chi connectivity index (χ4v) is 3.46. The fraction of sp³-hybridized carbons (Fsp3) is 0.120. The molecule has 0 aliphatic rings. The number of anilines is 4. The molecule has 0 aliphatic heterocycles. The largest absolute Gasteiger partial charge is 0.393 e. The van der Waals surface area contributed by atoms with E-state index in [0.717, 1.165) is 11.3 Å². The van der Waals surface area contributed by atoms with Crippen LogP contribution in [0.3, 0.4) is 0 Å². The zero-order valence-electron chi connectivity index (χ0n) is 17.3. The number of benzene rings is 3. The molecule has 0 saturated heterocycles. The lowest BCUT2D eigenvalue weighted by molar-refractivity contribution is 0.782. The minimum Gasteiger partial charge on any atom is -0.393 e. The third-order valence-electron chi connectivity index (χ3n) is 5.02. The van der Waals surface area contributed by atoms with E-state index in [1.165, 1.54) is 11.1 Å². The van der Waals surface area contributed by atoms with Gasteiger partial charge in [-0.05, 0) is 28.8 Å². The summed E-state index contributed by atoms with van der Waals surface area (Å²) in [5.41, 5.74) is 17.1. The second kappa shape index (κ2) is 9.73. The van der Waals surface area contributed by atoms with Crippen molar-refractivity contribution in [3.8, 4) is 0 Å². The van der Waals surface area contributed by atoms with Crippen LogP contribution in [0.2, 0.25) is 0 Å². The van der Waals surface area contributed by atoms with E-state index in [9.17, 15) is 0 Å². The van der Waals surface area contributed by atoms with Gasteiger partial charge in [0.25, 0.3) is 0 Å². The second-order valence-electron chi connectivity index (χ2n) is 7.32. The van der Waals surface area contributed by atoms with Gasteiger partial charge in [-0.25, -0.2) is 9.97 Å². The first-order valence-electron chi connectivity index (χ1n) is 10.2. The van der Waals surface area contributed by atoms with Crippen LogP contribution in [-0.4, -0.2) is 9.97 Å². The lowest BCUT2D eigenvalue weighted by atomic mass is 10.1. The quantitative estimate of drug-likeness (QED) is 0.397. The molecular weight excluding hydrogens is 384 g/mol. The molecule has 4 rings (SSSR count). The number of rotatable bonds is 8. The highest BCUT2D eigenvalue weighted by molar-refractivity contribution is 5.78. The summed E-state index contributed by atoms with van der Waals surface area (Å²) in [4.78, 5) is 11.1. The number of nitrogens with one attached hydrogen (secondary N) is 1. The molecule has 156 valence electrons. The second-order valence-corrected chi connectivity index (χ2v) is 7.32. The van der Waals surface area contributed by atoms with Gasteiger partial charge in [-0.15, -0.1) is 0 Å². The van der Waals surface area contributed by atoms with Crippen LogP contribution in [0, 0.1) is 0 Å². The number of hydrogen-bond donors (Lipinski definition) is 3. The average molecular weight is 411 g/mol. The van der Waals surface area contributed by atoms with Crippen LogP contribution in [0.4, 0.5) is 23.0 Å². The molecule has 3 aromatic carbocycles. The Morgan fingerprint density at radius 3 is 1.97 bits per heavy atom. The Kier molecular flexibility index (Phi) is 6.40. The topological polar surface area (TPSA) is 93.1 Å². The molecule has 0 bridgehead atoms. The smallest absolute Gasteiger partial charge is 0.159 e. The maximum atomic E-state index is 6.56. The lowest BCUT2D eigenvalue weighted by Gasteiger charge is -2.26. The molecule has 0 unspecified atom stereocenters. The SMILES string of the molecule is NCc1cccc(Nc2ncnc(N(Cc3ccccc3)Cc3ccccc3)c2N)c1. The van der Waals surface area contributed by atoms with Crippen molar-refractivity contribution in [2.45, 2.75) is 19.6 Å². The van der Waals surface area contributed by atoms with Gasteiger partial charge >= 0.3 is 0 Å². The first kappa shape index (κ1) is 20.4. The van der Waals surface area contributed by atoms with E-state index in [1.807, 2.05) is 60.7 Å². The Morgan fingerprint density at radius 2 is 1.35 bits per heavy atom. The Balaban J connectivity index is 1.66. The number of nitrogen functional groups attached to an aromatic ring is 1. The van der Waals surface area contributed by atoms with Crippen molar-refractivity contribution in [1.29, 1.82) is 0 Å². The predicted octanol–water partition coefficient (Wildman–Crippen LogP) is 4.47. The van der Waals surface area contributed by atoms with E-state index in [1.54, 1.807) is 6.33 Å². The molecule has 1 heterocycles. The monoisotopic (exact) mass is 410 g/mol. The van der Waals surface area contributed by atoms with Crippen molar-refractivity contribution < 1.29 is 0 Å². The summed E-state index contributed by atoms with van der Waals surface area (Å²) in [5.74, 6) is 1.27. The normalized spacial score (nSPS) is 10.6. The van der Waals surface area contributed by atoms with Gasteiger partial charge in [-0.1, -0.05) is 72.8 Å². The van der Waals surface area contributed by atoms with Gasteiger partial charge < -0.3 is 21.7 Å². The zero-order valence-corrected chi connectivity index (χ0v) is 17.3. The van der Waals surface area contributed by atoms with Crippen LogP contribution < -0.4 is 21.7 Å². The Hall–Kier alpha value is -3.90. The minimum absolute atomic E-state index is 0.474. The summed E-state index contributed by atoms with van der Waals surface area (Å²) in [5, 5.41) is 3.31. The van der Waals surface area contributed by atoms with E-state index in [-0.39, 0.29) is 0 Å². The third-order valence-corrected chi connectivity index (χ3v) is 5.02. The highest BCUT2D eigenvalue weighted by Crippen LogP contribution is 2.30. The van der Waals surface area contributed by atoms with Gasteiger partial charge in [-0.2, -0.15) is 0 Å². The summed E-state index contributed by atoms with van der Waals surface area (Å²) >= 11 is 0. The molecule has 31 heavy (non-hydrogen) atoms. The molecule has 0 saturated carbocycles. The van der Waals surface area contributed by atoms with E-state index in [2.05, 4.69) is 44.5 Å². The first-order chi connectivity index (χ1) is 15.2. The zero-order chi connectivity index (χ0) is 21.5. The van der Waals surface area contributed by atoms with Crippen molar-refractivity contribution in [3.05, 3.63) is 108 Å². The van der Waals surface area contributed by atoms with E-state index in [4.69, 9.17) is 11.5 Å². The van der Waals surface area contributed by atoms with Gasteiger partial charge in [-0.3, -0.25) is 0 Å². The van der Waals surface area contributed by atoms with E-state index < -0.39 is 0 Å². The number of nitrogens with zero attached hydrogens (tertiary/aromatic N) is 3. The molecule has 0 radical (unpaired) electrons. The van der Waals surface area contributed by atoms with Crippen LogP contribution in [0.25, 0.3) is 0 Å². The summed E-state index contributed by atoms with van der Waals surface area (Å²) in [7, 11) is 0. The lowest BCUT2D eigenvalue weighted by Crippen LogP contribution is -2.24. The van der Waals surface area contributed by atoms with Crippen LogP contribution in [-0.2, 0) is 19.6 Å². The molecule has 0 aliphatic carbocycles. The predicted molar refractivity (Wildman–Crippen MR) is 127 cm³/mol. The molecule has 1 aromatic heterocycles.